The van der Waals surface area contributed by atoms with E-state index in [1.54, 1.807) is 30.1 Å². The van der Waals surface area contributed by atoms with Crippen LogP contribution in [-0.2, 0) is 17.8 Å². The Hall–Kier alpha value is -2.24. The number of fused-ring (bicyclic) bond motifs is 1. The third kappa shape index (κ3) is 4.29. The van der Waals surface area contributed by atoms with Crippen LogP contribution in [0.15, 0.2) is 42.5 Å². The summed E-state index contributed by atoms with van der Waals surface area (Å²) in [5.41, 5.74) is 2.89. The summed E-state index contributed by atoms with van der Waals surface area (Å²) in [7, 11) is 1.58. The summed E-state index contributed by atoms with van der Waals surface area (Å²) in [6.45, 7) is 1.24. The Kier molecular flexibility index (Phi) is 5.69. The number of carbonyl (C=O) groups is 2. The van der Waals surface area contributed by atoms with E-state index >= 15 is 0 Å². The van der Waals surface area contributed by atoms with Crippen molar-refractivity contribution in [2.24, 2.45) is 0 Å². The normalized spacial score (nSPS) is 13.1. The number of amides is 3. The fourth-order valence-electron chi connectivity index (χ4n) is 2.88. The summed E-state index contributed by atoms with van der Waals surface area (Å²) in [6, 6.07) is 12.5. The fraction of sp³-hybridized carbons (Fsp3) is 0.263. The number of benzene rings is 2. The predicted molar refractivity (Wildman–Crippen MR) is 104 cm³/mol. The predicted octanol–water partition coefficient (Wildman–Crippen LogP) is 4.04. The molecule has 0 saturated heterocycles. The molecule has 7 heteroatoms. The quantitative estimate of drug-likeness (QED) is 0.857. The van der Waals surface area contributed by atoms with Gasteiger partial charge in [-0.3, -0.25) is 4.79 Å². The molecule has 0 aliphatic carbocycles. The maximum atomic E-state index is 12.5. The summed E-state index contributed by atoms with van der Waals surface area (Å²) < 4.78 is 0. The highest BCUT2D eigenvalue weighted by molar-refractivity contribution is 6.36. The van der Waals surface area contributed by atoms with Gasteiger partial charge in [0, 0.05) is 25.2 Å². The molecular weight excluding hydrogens is 373 g/mol. The molecule has 0 unspecified atom stereocenters. The van der Waals surface area contributed by atoms with Gasteiger partial charge < -0.3 is 15.1 Å². The molecule has 0 fully saturated rings. The van der Waals surface area contributed by atoms with Crippen molar-refractivity contribution in [2.45, 2.75) is 13.0 Å². The molecule has 1 aliphatic heterocycles. The lowest BCUT2D eigenvalue weighted by molar-refractivity contribution is -0.132. The molecule has 0 spiro atoms. The minimum absolute atomic E-state index is 0.000785. The van der Waals surface area contributed by atoms with Gasteiger partial charge in [-0.25, -0.2) is 4.79 Å². The molecule has 26 heavy (non-hydrogen) atoms. The van der Waals surface area contributed by atoms with Gasteiger partial charge in [0.05, 0.1) is 10.7 Å². The number of likely N-dealkylation sites (N-methyl/N-ethyl adjacent to an activating group) is 1. The second kappa shape index (κ2) is 7.98. The van der Waals surface area contributed by atoms with Gasteiger partial charge in [-0.1, -0.05) is 47.5 Å². The molecule has 2 aromatic rings. The highest BCUT2D eigenvalue weighted by atomic mass is 35.5. The van der Waals surface area contributed by atoms with Gasteiger partial charge in [0.15, 0.2) is 0 Å². The van der Waals surface area contributed by atoms with Crippen molar-refractivity contribution in [1.82, 2.24) is 9.80 Å². The highest BCUT2D eigenvalue weighted by Gasteiger charge is 2.23. The van der Waals surface area contributed by atoms with Crippen molar-refractivity contribution < 1.29 is 9.59 Å². The van der Waals surface area contributed by atoms with E-state index in [0.717, 1.165) is 12.0 Å². The number of nitrogens with one attached hydrogen (secondary N) is 1. The number of hydrogen-bond acceptors (Lipinski definition) is 2. The van der Waals surface area contributed by atoms with E-state index in [2.05, 4.69) is 11.4 Å². The Bertz CT molecular complexity index is 841. The van der Waals surface area contributed by atoms with Crippen LogP contribution in [0.25, 0.3) is 0 Å². The Morgan fingerprint density at radius 2 is 1.88 bits per heavy atom. The maximum absolute atomic E-state index is 12.5. The minimum atomic E-state index is -0.403. The van der Waals surface area contributed by atoms with E-state index in [1.165, 1.54) is 10.5 Å². The third-order valence-corrected chi connectivity index (χ3v) is 4.92. The topological polar surface area (TPSA) is 52.7 Å². The number of anilines is 1. The highest BCUT2D eigenvalue weighted by Crippen LogP contribution is 2.25. The first-order valence-corrected chi connectivity index (χ1v) is 9.01. The van der Waals surface area contributed by atoms with Crippen LogP contribution in [0, 0.1) is 0 Å². The Labute approximate surface area is 162 Å². The van der Waals surface area contributed by atoms with Crippen LogP contribution in [0.1, 0.15) is 11.1 Å². The first-order chi connectivity index (χ1) is 12.4. The molecular formula is C19H19Cl2N3O2. The average molecular weight is 392 g/mol. The van der Waals surface area contributed by atoms with Gasteiger partial charge >= 0.3 is 6.03 Å². The molecule has 1 N–H and O–H groups in total. The Morgan fingerprint density at radius 1 is 1.15 bits per heavy atom. The Balaban J connectivity index is 1.58. The smallest absolute Gasteiger partial charge is 0.322 e. The van der Waals surface area contributed by atoms with Crippen LogP contribution in [0.2, 0.25) is 10.0 Å². The van der Waals surface area contributed by atoms with Gasteiger partial charge in [-0.05, 0) is 35.7 Å². The number of carbonyl (C=O) groups excluding carboxylic acids is 2. The molecule has 1 heterocycles. The number of rotatable bonds is 3. The third-order valence-electron chi connectivity index (χ3n) is 4.38. The molecule has 2 aromatic carbocycles. The maximum Gasteiger partial charge on any atom is 0.322 e. The molecule has 0 saturated carbocycles. The van der Waals surface area contributed by atoms with Crippen molar-refractivity contribution in [3.8, 4) is 0 Å². The molecule has 0 radical (unpaired) electrons. The molecule has 0 bridgehead atoms. The van der Waals surface area contributed by atoms with E-state index in [0.29, 0.717) is 28.8 Å². The molecule has 0 aromatic heterocycles. The molecule has 1 aliphatic rings. The largest absolute Gasteiger partial charge is 0.336 e. The zero-order valence-electron chi connectivity index (χ0n) is 14.3. The summed E-state index contributed by atoms with van der Waals surface area (Å²) in [4.78, 5) is 28.0. The molecule has 0 atom stereocenters. The SMILES string of the molecule is CN(CC(=O)N1CCc2ccccc2C1)C(=O)Nc1ccc(Cl)cc1Cl. The van der Waals surface area contributed by atoms with Gasteiger partial charge in [-0.15, -0.1) is 0 Å². The van der Waals surface area contributed by atoms with Gasteiger partial charge in [0.1, 0.15) is 6.54 Å². The lowest BCUT2D eigenvalue weighted by atomic mass is 10.00. The number of hydrogen-bond donors (Lipinski definition) is 1. The van der Waals surface area contributed by atoms with Crippen molar-refractivity contribution in [3.63, 3.8) is 0 Å². The van der Waals surface area contributed by atoms with E-state index < -0.39 is 6.03 Å². The average Bonchev–Trinajstić information content (AvgIpc) is 2.63. The summed E-state index contributed by atoms with van der Waals surface area (Å²) >= 11 is 11.9. The second-order valence-corrected chi connectivity index (χ2v) is 7.09. The van der Waals surface area contributed by atoms with Crippen LogP contribution in [0.4, 0.5) is 10.5 Å². The summed E-state index contributed by atoms with van der Waals surface area (Å²) in [6.07, 6.45) is 0.832. The first-order valence-electron chi connectivity index (χ1n) is 8.26. The van der Waals surface area contributed by atoms with Crippen LogP contribution in [-0.4, -0.2) is 41.9 Å². The van der Waals surface area contributed by atoms with E-state index in [1.807, 2.05) is 18.2 Å². The van der Waals surface area contributed by atoms with Crippen LogP contribution in [0.3, 0.4) is 0 Å². The van der Waals surface area contributed by atoms with Crippen molar-refractivity contribution in [3.05, 3.63) is 63.6 Å². The zero-order valence-corrected chi connectivity index (χ0v) is 15.8. The fourth-order valence-corrected chi connectivity index (χ4v) is 3.34. The van der Waals surface area contributed by atoms with E-state index in [4.69, 9.17) is 23.2 Å². The van der Waals surface area contributed by atoms with Crippen LogP contribution >= 0.6 is 23.2 Å². The van der Waals surface area contributed by atoms with Crippen molar-refractivity contribution >= 4 is 40.8 Å². The number of urea groups is 1. The lowest BCUT2D eigenvalue weighted by Gasteiger charge is -2.30. The zero-order chi connectivity index (χ0) is 18.7. The van der Waals surface area contributed by atoms with Crippen LogP contribution in [0.5, 0.6) is 0 Å². The van der Waals surface area contributed by atoms with Crippen molar-refractivity contribution in [2.75, 3.05) is 25.5 Å². The van der Waals surface area contributed by atoms with Crippen LogP contribution < -0.4 is 5.32 Å². The van der Waals surface area contributed by atoms with E-state index in [9.17, 15) is 9.59 Å². The standard InChI is InChI=1S/C19H19Cl2N3O2/c1-23(19(26)22-17-7-6-15(20)10-16(17)21)12-18(25)24-9-8-13-4-2-3-5-14(13)11-24/h2-7,10H,8-9,11-12H2,1H3,(H,22,26). The molecule has 136 valence electrons. The second-order valence-electron chi connectivity index (χ2n) is 6.24. The Morgan fingerprint density at radius 3 is 2.62 bits per heavy atom. The minimum Gasteiger partial charge on any atom is -0.336 e. The number of nitrogens with zero attached hydrogens (tertiary/aromatic N) is 2. The monoisotopic (exact) mass is 391 g/mol. The summed E-state index contributed by atoms with van der Waals surface area (Å²) in [5.74, 6) is -0.0839. The van der Waals surface area contributed by atoms with Gasteiger partial charge in [0.25, 0.3) is 0 Å². The van der Waals surface area contributed by atoms with E-state index in [-0.39, 0.29) is 12.5 Å². The lowest BCUT2D eigenvalue weighted by Crippen LogP contribution is -2.44. The van der Waals surface area contributed by atoms with Crippen molar-refractivity contribution in [1.29, 1.82) is 0 Å². The molecule has 5 nitrogen and oxygen atoms in total. The van der Waals surface area contributed by atoms with Gasteiger partial charge in [0.2, 0.25) is 5.91 Å². The summed E-state index contributed by atoms with van der Waals surface area (Å²) in [5, 5.41) is 3.52. The molecule has 3 rings (SSSR count). The van der Waals surface area contributed by atoms with Gasteiger partial charge in [-0.2, -0.15) is 0 Å². The molecule has 3 amide bonds. The first kappa shape index (κ1) is 18.5. The number of halogens is 2.